The van der Waals surface area contributed by atoms with E-state index in [1.807, 2.05) is 29.8 Å². The van der Waals surface area contributed by atoms with Gasteiger partial charge in [-0.1, -0.05) is 30.3 Å². The Bertz CT molecular complexity index is 926. The Labute approximate surface area is 192 Å². The van der Waals surface area contributed by atoms with Gasteiger partial charge in [0.05, 0.1) is 6.61 Å². The Hall–Kier alpha value is -2.07. The summed E-state index contributed by atoms with van der Waals surface area (Å²) in [7, 11) is 0. The van der Waals surface area contributed by atoms with E-state index in [4.69, 9.17) is 10.5 Å². The number of thiazole rings is 1. The number of nitrogens with zero attached hydrogens (tertiary/aromatic N) is 4. The lowest BCUT2D eigenvalue weighted by molar-refractivity contribution is 0.313. The number of nitrogens with two attached hydrogens (primary N) is 1. The van der Waals surface area contributed by atoms with E-state index in [1.165, 1.54) is 10.8 Å². The van der Waals surface area contributed by atoms with Crippen molar-refractivity contribution >= 4 is 57.2 Å². The fourth-order valence-electron chi connectivity index (χ4n) is 3.30. The molecule has 29 heavy (non-hydrogen) atoms. The summed E-state index contributed by atoms with van der Waals surface area (Å²) < 4.78 is 5.86. The van der Waals surface area contributed by atoms with E-state index >= 15 is 0 Å². The first-order chi connectivity index (χ1) is 13.8. The molecule has 154 valence electrons. The van der Waals surface area contributed by atoms with Crippen molar-refractivity contribution in [3.8, 4) is 5.75 Å². The van der Waals surface area contributed by atoms with Gasteiger partial charge in [-0.3, -0.25) is 4.99 Å². The van der Waals surface area contributed by atoms with E-state index in [1.54, 1.807) is 11.3 Å². The Morgan fingerprint density at radius 3 is 2.66 bits per heavy atom. The van der Waals surface area contributed by atoms with E-state index in [-0.39, 0.29) is 24.0 Å². The Kier molecular flexibility index (Phi) is 7.93. The molecule has 0 bridgehead atoms. The molecule has 0 spiro atoms. The molecule has 2 aromatic carbocycles. The molecule has 6 nitrogen and oxygen atoms in total. The maximum atomic E-state index is 6.17. The minimum absolute atomic E-state index is 0. The zero-order valence-corrected chi connectivity index (χ0v) is 19.4. The van der Waals surface area contributed by atoms with Crippen molar-refractivity contribution in [2.75, 3.05) is 44.2 Å². The average molecular weight is 523 g/mol. The molecule has 3 aromatic rings. The monoisotopic (exact) mass is 523 g/mol. The number of hydrogen-bond donors (Lipinski definition) is 1. The molecule has 1 aromatic heterocycles. The average Bonchev–Trinajstić information content (AvgIpc) is 3.28. The molecule has 0 atom stereocenters. The quantitative estimate of drug-likeness (QED) is 0.230. The van der Waals surface area contributed by atoms with Gasteiger partial charge in [0, 0.05) is 50.7 Å². The molecule has 1 aliphatic rings. The Morgan fingerprint density at radius 1 is 1.10 bits per heavy atom. The van der Waals surface area contributed by atoms with E-state index in [0.717, 1.165) is 43.5 Å². The van der Waals surface area contributed by atoms with Gasteiger partial charge in [0.15, 0.2) is 11.1 Å². The molecule has 0 aliphatic carbocycles. The highest BCUT2D eigenvalue weighted by atomic mass is 127. The highest BCUT2D eigenvalue weighted by Crippen LogP contribution is 2.21. The van der Waals surface area contributed by atoms with E-state index in [2.05, 4.69) is 44.0 Å². The maximum absolute atomic E-state index is 6.17. The summed E-state index contributed by atoms with van der Waals surface area (Å²) in [4.78, 5) is 13.3. The second kappa shape index (κ2) is 10.6. The fraction of sp³-hybridized carbons (Fsp3) is 0.333. The first kappa shape index (κ1) is 21.6. The topological polar surface area (TPSA) is 67.0 Å². The van der Waals surface area contributed by atoms with Gasteiger partial charge in [0.1, 0.15) is 5.75 Å². The minimum atomic E-state index is 0. The van der Waals surface area contributed by atoms with Crippen molar-refractivity contribution in [1.82, 2.24) is 9.88 Å². The molecule has 8 heteroatoms. The molecule has 0 amide bonds. The molecule has 1 aliphatic heterocycles. The first-order valence-electron chi connectivity index (χ1n) is 9.60. The molecule has 4 rings (SSSR count). The lowest BCUT2D eigenvalue weighted by atomic mass is 10.1. The lowest BCUT2D eigenvalue weighted by Crippen LogP contribution is -2.51. The van der Waals surface area contributed by atoms with Crippen molar-refractivity contribution < 1.29 is 4.74 Å². The first-order valence-corrected chi connectivity index (χ1v) is 10.5. The lowest BCUT2D eigenvalue weighted by Gasteiger charge is -2.35. The largest absolute Gasteiger partial charge is 0.494 e. The molecule has 0 unspecified atom stereocenters. The van der Waals surface area contributed by atoms with Gasteiger partial charge >= 0.3 is 0 Å². The van der Waals surface area contributed by atoms with Crippen LogP contribution in [0.1, 0.15) is 6.42 Å². The third-order valence-electron chi connectivity index (χ3n) is 4.86. The van der Waals surface area contributed by atoms with E-state index in [9.17, 15) is 0 Å². The Balaban J connectivity index is 0.00000240. The van der Waals surface area contributed by atoms with Crippen LogP contribution in [0.25, 0.3) is 10.8 Å². The maximum Gasteiger partial charge on any atom is 0.191 e. The van der Waals surface area contributed by atoms with Crippen LogP contribution in [-0.4, -0.2) is 55.2 Å². The summed E-state index contributed by atoms with van der Waals surface area (Å²) in [5.74, 6) is 1.53. The summed E-state index contributed by atoms with van der Waals surface area (Å²) in [5.41, 5.74) is 6.17. The zero-order valence-electron chi connectivity index (χ0n) is 16.2. The van der Waals surface area contributed by atoms with Gasteiger partial charge in [-0.15, -0.1) is 35.3 Å². The Morgan fingerprint density at radius 2 is 1.90 bits per heavy atom. The van der Waals surface area contributed by atoms with Crippen molar-refractivity contribution in [2.24, 2.45) is 10.7 Å². The summed E-state index contributed by atoms with van der Waals surface area (Å²) in [5, 5.41) is 5.51. The number of benzene rings is 2. The molecule has 2 N–H and O–H groups in total. The smallest absolute Gasteiger partial charge is 0.191 e. The second-order valence-corrected chi connectivity index (χ2v) is 7.61. The number of aliphatic imine (C=N–C) groups is 1. The SMILES string of the molecule is I.NC(=NCCCOc1ccc2ccccc2c1)N1CCN(c2nccs2)CC1. The predicted molar refractivity (Wildman–Crippen MR) is 132 cm³/mol. The van der Waals surface area contributed by atoms with E-state index in [0.29, 0.717) is 19.1 Å². The number of ether oxygens (including phenoxy) is 1. The van der Waals surface area contributed by atoms with Crippen LogP contribution in [-0.2, 0) is 0 Å². The number of rotatable bonds is 6. The normalized spacial score (nSPS) is 14.7. The van der Waals surface area contributed by atoms with Crippen LogP contribution in [0.3, 0.4) is 0 Å². The van der Waals surface area contributed by atoms with Gasteiger partial charge in [0.25, 0.3) is 0 Å². The fourth-order valence-corrected chi connectivity index (χ4v) is 4.00. The zero-order chi connectivity index (χ0) is 19.2. The molecule has 0 radical (unpaired) electrons. The number of anilines is 1. The number of aromatic nitrogens is 1. The van der Waals surface area contributed by atoms with Gasteiger partial charge in [-0.2, -0.15) is 0 Å². The third kappa shape index (κ3) is 5.72. The molecular weight excluding hydrogens is 497 g/mol. The summed E-state index contributed by atoms with van der Waals surface area (Å²) in [6.45, 7) is 4.91. The van der Waals surface area contributed by atoms with E-state index < -0.39 is 0 Å². The van der Waals surface area contributed by atoms with Gasteiger partial charge in [0.2, 0.25) is 0 Å². The number of fused-ring (bicyclic) bond motifs is 1. The highest BCUT2D eigenvalue weighted by Gasteiger charge is 2.19. The molecule has 0 saturated carbocycles. The van der Waals surface area contributed by atoms with Crippen LogP contribution in [0.4, 0.5) is 5.13 Å². The van der Waals surface area contributed by atoms with Crippen LogP contribution >= 0.6 is 35.3 Å². The molecule has 1 saturated heterocycles. The predicted octanol–water partition coefficient (Wildman–Crippen LogP) is 3.82. The van der Waals surface area contributed by atoms with Gasteiger partial charge < -0.3 is 20.3 Å². The third-order valence-corrected chi connectivity index (χ3v) is 5.69. The van der Waals surface area contributed by atoms with Crippen LogP contribution in [0.15, 0.2) is 59.0 Å². The number of hydrogen-bond acceptors (Lipinski definition) is 5. The van der Waals surface area contributed by atoms with Crippen LogP contribution < -0.4 is 15.4 Å². The summed E-state index contributed by atoms with van der Waals surface area (Å²) in [6, 6.07) is 14.5. The number of halogens is 1. The van der Waals surface area contributed by atoms with Crippen molar-refractivity contribution in [2.45, 2.75) is 6.42 Å². The minimum Gasteiger partial charge on any atom is -0.494 e. The number of guanidine groups is 1. The molecular formula is C21H26IN5OS. The molecule has 1 fully saturated rings. The van der Waals surface area contributed by atoms with Gasteiger partial charge in [-0.25, -0.2) is 4.98 Å². The van der Waals surface area contributed by atoms with Crippen molar-refractivity contribution in [3.05, 3.63) is 54.0 Å². The number of piperazine rings is 1. The summed E-state index contributed by atoms with van der Waals surface area (Å²) in [6.07, 6.45) is 2.69. The van der Waals surface area contributed by atoms with Crippen molar-refractivity contribution in [1.29, 1.82) is 0 Å². The van der Waals surface area contributed by atoms with Crippen molar-refractivity contribution in [3.63, 3.8) is 0 Å². The van der Waals surface area contributed by atoms with Crippen LogP contribution in [0, 0.1) is 0 Å². The molecule has 2 heterocycles. The highest BCUT2D eigenvalue weighted by molar-refractivity contribution is 14.0. The van der Waals surface area contributed by atoms with Gasteiger partial charge in [-0.05, 0) is 22.9 Å². The van der Waals surface area contributed by atoms with Crippen LogP contribution in [0.2, 0.25) is 0 Å². The summed E-state index contributed by atoms with van der Waals surface area (Å²) >= 11 is 1.68. The van der Waals surface area contributed by atoms with Crippen LogP contribution in [0.5, 0.6) is 5.75 Å². The standard InChI is InChI=1S/C21H25N5OS.HI/c22-20(25-10-12-26(13-11-25)21-24-9-15-28-21)23-8-3-14-27-19-7-6-17-4-1-2-5-18(17)16-19;/h1-2,4-7,9,15-16H,3,8,10-14H2,(H2,22,23);1H. The second-order valence-electron chi connectivity index (χ2n) is 6.74.